The largest absolute Gasteiger partial charge is 0.444 e. The van der Waals surface area contributed by atoms with Crippen LogP contribution in [-0.2, 0) is 25.5 Å². The van der Waals surface area contributed by atoms with Crippen molar-refractivity contribution in [3.8, 4) is 0 Å². The van der Waals surface area contributed by atoms with Crippen molar-refractivity contribution < 1.29 is 23.9 Å². The molecule has 1 N–H and O–H groups in total. The number of hydrogen-bond acceptors (Lipinski definition) is 5. The summed E-state index contributed by atoms with van der Waals surface area (Å²) in [5.41, 5.74) is 0.331. The topological polar surface area (TPSA) is 81.7 Å². The Hall–Kier alpha value is -2.37. The standard InChI is InChI=1S/C17H23NO5/c1-12(19)22-15(20)14(18-16(21)23-17(2,3)4)11-10-13-8-6-5-7-9-13/h5-9,14H,10-11H2,1-4H3,(H,18,21)/t14-/m1/s1. The molecule has 0 unspecified atom stereocenters. The van der Waals surface area contributed by atoms with Crippen LogP contribution in [-0.4, -0.2) is 29.7 Å². The summed E-state index contributed by atoms with van der Waals surface area (Å²) in [6, 6.07) is 8.55. The second-order valence-corrected chi connectivity index (χ2v) is 6.14. The van der Waals surface area contributed by atoms with E-state index in [1.54, 1.807) is 20.8 Å². The fourth-order valence-electron chi connectivity index (χ4n) is 1.87. The van der Waals surface area contributed by atoms with Crippen molar-refractivity contribution in [1.29, 1.82) is 0 Å². The van der Waals surface area contributed by atoms with Crippen molar-refractivity contribution in [2.75, 3.05) is 0 Å². The molecule has 0 saturated carbocycles. The van der Waals surface area contributed by atoms with Crippen LogP contribution in [0, 0.1) is 0 Å². The van der Waals surface area contributed by atoms with Gasteiger partial charge in [-0.1, -0.05) is 30.3 Å². The number of aryl methyl sites for hydroxylation is 1. The Morgan fingerprint density at radius 2 is 1.74 bits per heavy atom. The van der Waals surface area contributed by atoms with Crippen LogP contribution >= 0.6 is 0 Å². The molecule has 1 aromatic rings. The Morgan fingerprint density at radius 3 is 2.26 bits per heavy atom. The van der Waals surface area contributed by atoms with Gasteiger partial charge in [0.05, 0.1) is 0 Å². The summed E-state index contributed by atoms with van der Waals surface area (Å²) in [4.78, 5) is 34.8. The first-order valence-corrected chi connectivity index (χ1v) is 7.43. The minimum atomic E-state index is -0.950. The highest BCUT2D eigenvalue weighted by Crippen LogP contribution is 2.10. The lowest BCUT2D eigenvalue weighted by atomic mass is 10.1. The zero-order valence-corrected chi connectivity index (χ0v) is 13.9. The number of nitrogens with one attached hydrogen (secondary N) is 1. The van der Waals surface area contributed by atoms with E-state index in [2.05, 4.69) is 10.1 Å². The molecular formula is C17H23NO5. The minimum Gasteiger partial charge on any atom is -0.444 e. The average Bonchev–Trinajstić information content (AvgIpc) is 2.41. The molecule has 6 heteroatoms. The smallest absolute Gasteiger partial charge is 0.408 e. The predicted octanol–water partition coefficient (Wildman–Crippen LogP) is 2.60. The molecule has 0 heterocycles. The van der Waals surface area contributed by atoms with Crippen molar-refractivity contribution in [3.05, 3.63) is 35.9 Å². The lowest BCUT2D eigenvalue weighted by Gasteiger charge is -2.22. The van der Waals surface area contributed by atoms with Gasteiger partial charge in [0.2, 0.25) is 0 Å². The van der Waals surface area contributed by atoms with E-state index in [9.17, 15) is 14.4 Å². The summed E-state index contributed by atoms with van der Waals surface area (Å²) in [7, 11) is 0. The lowest BCUT2D eigenvalue weighted by Crippen LogP contribution is -2.44. The SMILES string of the molecule is CC(=O)OC(=O)[C@@H](CCc1ccccc1)NC(=O)OC(C)(C)C. The summed E-state index contributed by atoms with van der Waals surface area (Å²) in [6.45, 7) is 6.30. The molecule has 0 saturated heterocycles. The summed E-state index contributed by atoms with van der Waals surface area (Å²) in [5.74, 6) is -1.51. The molecule has 0 radical (unpaired) electrons. The quantitative estimate of drug-likeness (QED) is 0.666. The van der Waals surface area contributed by atoms with Gasteiger partial charge in [0.1, 0.15) is 11.6 Å². The van der Waals surface area contributed by atoms with Crippen LogP contribution in [0.25, 0.3) is 0 Å². The van der Waals surface area contributed by atoms with Gasteiger partial charge in [0.25, 0.3) is 0 Å². The molecule has 1 aromatic carbocycles. The second-order valence-electron chi connectivity index (χ2n) is 6.14. The molecular weight excluding hydrogens is 298 g/mol. The summed E-state index contributed by atoms with van der Waals surface area (Å²) in [6.07, 6.45) is 0.125. The van der Waals surface area contributed by atoms with E-state index in [0.717, 1.165) is 12.5 Å². The van der Waals surface area contributed by atoms with Crippen LogP contribution in [0.15, 0.2) is 30.3 Å². The van der Waals surface area contributed by atoms with Crippen LogP contribution in [0.3, 0.4) is 0 Å². The first-order valence-electron chi connectivity index (χ1n) is 7.43. The lowest BCUT2D eigenvalue weighted by molar-refractivity contribution is -0.159. The van der Waals surface area contributed by atoms with E-state index in [4.69, 9.17) is 4.74 Å². The Kier molecular flexibility index (Phi) is 6.75. The molecule has 0 aliphatic carbocycles. The molecule has 0 aromatic heterocycles. The van der Waals surface area contributed by atoms with Crippen LogP contribution < -0.4 is 5.32 Å². The number of ether oxygens (including phenoxy) is 2. The van der Waals surface area contributed by atoms with Crippen molar-refractivity contribution in [2.45, 2.75) is 52.2 Å². The van der Waals surface area contributed by atoms with Crippen LogP contribution in [0.2, 0.25) is 0 Å². The molecule has 1 amide bonds. The van der Waals surface area contributed by atoms with Gasteiger partial charge in [0.15, 0.2) is 0 Å². The number of carbonyl (C=O) groups excluding carboxylic acids is 3. The molecule has 0 spiro atoms. The third-order valence-corrected chi connectivity index (χ3v) is 2.78. The number of rotatable bonds is 5. The van der Waals surface area contributed by atoms with E-state index < -0.39 is 29.7 Å². The van der Waals surface area contributed by atoms with Gasteiger partial charge < -0.3 is 14.8 Å². The maximum absolute atomic E-state index is 12.0. The summed E-state index contributed by atoms with van der Waals surface area (Å²) in [5, 5.41) is 2.46. The van der Waals surface area contributed by atoms with Gasteiger partial charge in [-0.2, -0.15) is 0 Å². The second kappa shape index (κ2) is 8.31. The van der Waals surface area contributed by atoms with E-state index in [1.165, 1.54) is 0 Å². The van der Waals surface area contributed by atoms with Gasteiger partial charge in [-0.25, -0.2) is 9.59 Å². The number of amides is 1. The fraction of sp³-hybridized carbons (Fsp3) is 0.471. The van der Waals surface area contributed by atoms with Gasteiger partial charge in [-0.3, -0.25) is 4.79 Å². The Morgan fingerprint density at radius 1 is 1.13 bits per heavy atom. The maximum atomic E-state index is 12.0. The Balaban J connectivity index is 2.70. The summed E-state index contributed by atoms with van der Waals surface area (Å²) >= 11 is 0. The highest BCUT2D eigenvalue weighted by molar-refractivity contribution is 5.89. The van der Waals surface area contributed by atoms with Gasteiger partial charge >= 0.3 is 18.0 Å². The van der Waals surface area contributed by atoms with Crippen molar-refractivity contribution in [1.82, 2.24) is 5.32 Å². The number of benzene rings is 1. The van der Waals surface area contributed by atoms with E-state index >= 15 is 0 Å². The highest BCUT2D eigenvalue weighted by Gasteiger charge is 2.26. The molecule has 126 valence electrons. The molecule has 0 bridgehead atoms. The van der Waals surface area contributed by atoms with E-state index in [-0.39, 0.29) is 0 Å². The highest BCUT2D eigenvalue weighted by atomic mass is 16.6. The molecule has 0 aliphatic rings. The van der Waals surface area contributed by atoms with Crippen molar-refractivity contribution in [3.63, 3.8) is 0 Å². The third-order valence-electron chi connectivity index (χ3n) is 2.78. The normalized spacial score (nSPS) is 12.2. The number of alkyl carbamates (subject to hydrolysis) is 1. The van der Waals surface area contributed by atoms with Gasteiger partial charge in [-0.05, 0) is 39.2 Å². The molecule has 1 atom stereocenters. The Labute approximate surface area is 136 Å². The average molecular weight is 321 g/mol. The monoisotopic (exact) mass is 321 g/mol. The van der Waals surface area contributed by atoms with Crippen molar-refractivity contribution in [2.24, 2.45) is 0 Å². The first-order chi connectivity index (χ1) is 10.7. The molecule has 0 aliphatic heterocycles. The summed E-state index contributed by atoms with van der Waals surface area (Å²) < 4.78 is 9.72. The van der Waals surface area contributed by atoms with Crippen LogP contribution in [0.1, 0.15) is 39.7 Å². The molecule has 1 rings (SSSR count). The van der Waals surface area contributed by atoms with Crippen LogP contribution in [0.4, 0.5) is 4.79 Å². The fourth-order valence-corrected chi connectivity index (χ4v) is 1.87. The Bertz CT molecular complexity index is 548. The number of esters is 2. The van der Waals surface area contributed by atoms with Crippen molar-refractivity contribution >= 4 is 18.0 Å². The zero-order chi connectivity index (χ0) is 17.5. The molecule has 23 heavy (non-hydrogen) atoms. The maximum Gasteiger partial charge on any atom is 0.408 e. The molecule has 6 nitrogen and oxygen atoms in total. The first kappa shape index (κ1) is 18.7. The third kappa shape index (κ3) is 7.99. The number of carbonyl (C=O) groups is 3. The molecule has 0 fully saturated rings. The van der Waals surface area contributed by atoms with E-state index in [0.29, 0.717) is 12.8 Å². The van der Waals surface area contributed by atoms with Gasteiger partial charge in [0, 0.05) is 6.92 Å². The minimum absolute atomic E-state index is 0.301. The zero-order valence-electron chi connectivity index (χ0n) is 13.9. The predicted molar refractivity (Wildman–Crippen MR) is 84.7 cm³/mol. The van der Waals surface area contributed by atoms with Gasteiger partial charge in [-0.15, -0.1) is 0 Å². The number of hydrogen-bond donors (Lipinski definition) is 1. The van der Waals surface area contributed by atoms with E-state index in [1.807, 2.05) is 30.3 Å². The van der Waals surface area contributed by atoms with Crippen LogP contribution in [0.5, 0.6) is 0 Å².